The van der Waals surface area contributed by atoms with Gasteiger partial charge in [0.1, 0.15) is 0 Å². The zero-order valence-electron chi connectivity index (χ0n) is 14.1. The molecule has 1 aliphatic rings. The number of anilines is 1. The van der Waals surface area contributed by atoms with E-state index in [1.165, 1.54) is 12.3 Å². The molecule has 136 valence electrons. The first-order valence-electron chi connectivity index (χ1n) is 8.38. The molecule has 0 aliphatic carbocycles. The zero-order valence-corrected chi connectivity index (χ0v) is 14.1. The van der Waals surface area contributed by atoms with Crippen molar-refractivity contribution in [2.45, 2.75) is 12.8 Å². The monoisotopic (exact) mass is 356 g/mol. The molecule has 2 aromatic rings. The van der Waals surface area contributed by atoms with E-state index in [0.29, 0.717) is 25.9 Å². The van der Waals surface area contributed by atoms with Gasteiger partial charge in [-0.3, -0.25) is 20.4 Å². The highest BCUT2D eigenvalue weighted by Gasteiger charge is 2.27. The number of piperidine rings is 1. The summed E-state index contributed by atoms with van der Waals surface area (Å²) < 4.78 is 4.95. The number of benzene rings is 1. The average Bonchev–Trinajstić information content (AvgIpc) is 3.21. The second kappa shape index (κ2) is 8.19. The van der Waals surface area contributed by atoms with Crippen molar-refractivity contribution in [1.29, 1.82) is 0 Å². The number of furan rings is 1. The average molecular weight is 356 g/mol. The van der Waals surface area contributed by atoms with Crippen LogP contribution >= 0.6 is 0 Å². The van der Waals surface area contributed by atoms with E-state index in [0.717, 1.165) is 5.69 Å². The summed E-state index contributed by atoms with van der Waals surface area (Å²) in [4.78, 5) is 37.8. The van der Waals surface area contributed by atoms with Crippen LogP contribution in [0.25, 0.3) is 0 Å². The number of hydrazine groups is 1. The van der Waals surface area contributed by atoms with Gasteiger partial charge in [-0.2, -0.15) is 0 Å². The Balaban J connectivity index is 1.42. The number of nitrogens with zero attached hydrogens (tertiary/aromatic N) is 1. The second-order valence-corrected chi connectivity index (χ2v) is 5.98. The molecular weight excluding hydrogens is 336 g/mol. The van der Waals surface area contributed by atoms with Gasteiger partial charge >= 0.3 is 11.9 Å². The first kappa shape index (κ1) is 17.5. The number of para-hydroxylation sites is 1. The van der Waals surface area contributed by atoms with Crippen LogP contribution in [-0.4, -0.2) is 35.8 Å². The number of urea groups is 1. The molecule has 1 aromatic heterocycles. The van der Waals surface area contributed by atoms with Crippen molar-refractivity contribution >= 4 is 23.5 Å². The van der Waals surface area contributed by atoms with Crippen LogP contribution in [0.3, 0.4) is 0 Å². The third-order valence-corrected chi connectivity index (χ3v) is 4.22. The molecule has 0 radical (unpaired) electrons. The zero-order chi connectivity index (χ0) is 18.4. The van der Waals surface area contributed by atoms with E-state index >= 15 is 0 Å². The summed E-state index contributed by atoms with van der Waals surface area (Å²) in [6.45, 7) is 0.950. The minimum atomic E-state index is -0.511. The number of hydrogen-bond acceptors (Lipinski definition) is 4. The summed E-state index contributed by atoms with van der Waals surface area (Å²) >= 11 is 0. The van der Waals surface area contributed by atoms with Gasteiger partial charge in [0.25, 0.3) is 0 Å². The van der Waals surface area contributed by atoms with Crippen LogP contribution in [0, 0.1) is 5.92 Å². The molecule has 0 spiro atoms. The van der Waals surface area contributed by atoms with Gasteiger partial charge in [-0.05, 0) is 37.1 Å². The van der Waals surface area contributed by atoms with Gasteiger partial charge < -0.3 is 14.6 Å². The van der Waals surface area contributed by atoms with E-state index in [1.807, 2.05) is 30.3 Å². The van der Waals surface area contributed by atoms with Gasteiger partial charge in [-0.1, -0.05) is 18.2 Å². The van der Waals surface area contributed by atoms with Gasteiger partial charge in [0.2, 0.25) is 5.91 Å². The van der Waals surface area contributed by atoms with E-state index in [4.69, 9.17) is 4.42 Å². The van der Waals surface area contributed by atoms with Crippen molar-refractivity contribution in [2.24, 2.45) is 5.92 Å². The Morgan fingerprint density at radius 1 is 0.962 bits per heavy atom. The fourth-order valence-corrected chi connectivity index (χ4v) is 2.76. The van der Waals surface area contributed by atoms with Crippen LogP contribution in [0.1, 0.15) is 23.4 Å². The van der Waals surface area contributed by atoms with Crippen LogP contribution in [0.4, 0.5) is 10.5 Å². The molecule has 0 atom stereocenters. The number of likely N-dealkylation sites (tertiary alicyclic amines) is 1. The first-order valence-corrected chi connectivity index (χ1v) is 8.38. The number of hydrogen-bond donors (Lipinski definition) is 3. The molecule has 1 saturated heterocycles. The third-order valence-electron chi connectivity index (χ3n) is 4.22. The van der Waals surface area contributed by atoms with Crippen molar-refractivity contribution in [3.8, 4) is 0 Å². The lowest BCUT2D eigenvalue weighted by Crippen LogP contribution is -2.48. The Morgan fingerprint density at radius 3 is 2.35 bits per heavy atom. The van der Waals surface area contributed by atoms with Crippen LogP contribution in [0.15, 0.2) is 53.1 Å². The van der Waals surface area contributed by atoms with Gasteiger partial charge in [0.15, 0.2) is 5.76 Å². The molecule has 0 unspecified atom stereocenters. The summed E-state index contributed by atoms with van der Waals surface area (Å²) in [6.07, 6.45) is 2.45. The van der Waals surface area contributed by atoms with Crippen molar-refractivity contribution in [1.82, 2.24) is 15.8 Å². The van der Waals surface area contributed by atoms with Crippen molar-refractivity contribution in [2.75, 3.05) is 18.4 Å². The standard InChI is InChI=1S/C18H20N4O4/c23-16(20-21-17(24)15-7-4-12-26-15)13-8-10-22(11-9-13)18(25)19-14-5-2-1-3-6-14/h1-7,12-13H,8-11H2,(H,19,25)(H,20,23)(H,21,24). The van der Waals surface area contributed by atoms with Crippen molar-refractivity contribution < 1.29 is 18.8 Å². The third kappa shape index (κ3) is 4.41. The predicted molar refractivity (Wildman–Crippen MR) is 94.1 cm³/mol. The highest BCUT2D eigenvalue weighted by molar-refractivity contribution is 5.93. The molecule has 26 heavy (non-hydrogen) atoms. The lowest BCUT2D eigenvalue weighted by Gasteiger charge is -2.31. The molecule has 2 heterocycles. The number of nitrogens with one attached hydrogen (secondary N) is 3. The Kier molecular flexibility index (Phi) is 5.52. The van der Waals surface area contributed by atoms with E-state index in [-0.39, 0.29) is 23.6 Å². The van der Waals surface area contributed by atoms with Gasteiger partial charge in [-0.15, -0.1) is 0 Å². The maximum atomic E-state index is 12.2. The summed E-state index contributed by atoms with van der Waals surface area (Å²) in [5.74, 6) is -0.915. The fourth-order valence-electron chi connectivity index (χ4n) is 2.76. The minimum Gasteiger partial charge on any atom is -0.459 e. The number of amides is 4. The highest BCUT2D eigenvalue weighted by Crippen LogP contribution is 2.18. The molecule has 1 aliphatic heterocycles. The van der Waals surface area contributed by atoms with Crippen molar-refractivity contribution in [3.63, 3.8) is 0 Å². The molecular formula is C18H20N4O4. The van der Waals surface area contributed by atoms with Crippen LogP contribution in [-0.2, 0) is 4.79 Å². The van der Waals surface area contributed by atoms with E-state index in [1.54, 1.807) is 11.0 Å². The highest BCUT2D eigenvalue weighted by atomic mass is 16.3. The van der Waals surface area contributed by atoms with E-state index < -0.39 is 5.91 Å². The maximum Gasteiger partial charge on any atom is 0.321 e. The quantitative estimate of drug-likeness (QED) is 0.732. The molecule has 0 bridgehead atoms. The Morgan fingerprint density at radius 2 is 1.69 bits per heavy atom. The molecule has 8 heteroatoms. The minimum absolute atomic E-state index is 0.123. The van der Waals surface area contributed by atoms with Gasteiger partial charge in [0.05, 0.1) is 6.26 Å². The van der Waals surface area contributed by atoms with Gasteiger partial charge in [0, 0.05) is 24.7 Å². The molecule has 3 N–H and O–H groups in total. The predicted octanol–water partition coefficient (Wildman–Crippen LogP) is 1.98. The topological polar surface area (TPSA) is 104 Å². The van der Waals surface area contributed by atoms with Crippen LogP contribution in [0.2, 0.25) is 0 Å². The molecule has 3 rings (SSSR count). The fraction of sp³-hybridized carbons (Fsp3) is 0.278. The smallest absolute Gasteiger partial charge is 0.321 e. The molecule has 4 amide bonds. The maximum absolute atomic E-state index is 12.2. The molecule has 1 fully saturated rings. The Hall–Kier alpha value is -3.29. The Labute approximate surface area is 150 Å². The van der Waals surface area contributed by atoms with Crippen molar-refractivity contribution in [3.05, 3.63) is 54.5 Å². The molecule has 1 aromatic carbocycles. The molecule has 8 nitrogen and oxygen atoms in total. The number of carbonyl (C=O) groups excluding carboxylic acids is 3. The summed E-state index contributed by atoms with van der Waals surface area (Å²) in [5.41, 5.74) is 5.46. The normalized spacial score (nSPS) is 14.5. The van der Waals surface area contributed by atoms with E-state index in [9.17, 15) is 14.4 Å². The lowest BCUT2D eigenvalue weighted by atomic mass is 9.96. The SMILES string of the molecule is O=C(NNC(=O)C1CCN(C(=O)Nc2ccccc2)CC1)c1ccco1. The van der Waals surface area contributed by atoms with Gasteiger partial charge in [-0.25, -0.2) is 4.79 Å². The Bertz CT molecular complexity index is 753. The summed E-state index contributed by atoms with van der Waals surface area (Å²) in [6, 6.07) is 12.1. The number of carbonyl (C=O) groups is 3. The number of rotatable bonds is 3. The lowest BCUT2D eigenvalue weighted by molar-refractivity contribution is -0.127. The first-order chi connectivity index (χ1) is 12.6. The summed E-state index contributed by atoms with van der Waals surface area (Å²) in [5, 5.41) is 2.83. The largest absolute Gasteiger partial charge is 0.459 e. The van der Waals surface area contributed by atoms with Crippen LogP contribution in [0.5, 0.6) is 0 Å². The second-order valence-electron chi connectivity index (χ2n) is 5.98. The summed E-state index contributed by atoms with van der Waals surface area (Å²) in [7, 11) is 0. The molecule has 0 saturated carbocycles. The van der Waals surface area contributed by atoms with E-state index in [2.05, 4.69) is 16.2 Å². The van der Waals surface area contributed by atoms with Crippen LogP contribution < -0.4 is 16.2 Å².